The third kappa shape index (κ3) is 7.38. The minimum absolute atomic E-state index is 0.0477. The number of hydrogen-bond acceptors (Lipinski definition) is 12. The first kappa shape index (κ1) is 38.6. The van der Waals surface area contributed by atoms with Gasteiger partial charge in [-0.3, -0.25) is 0 Å². The highest BCUT2D eigenvalue weighted by Gasteiger charge is 2.69. The smallest absolute Gasteiger partial charge is 0.172 e. The molecule has 0 aromatic heterocycles. The third-order valence-corrected chi connectivity index (χ3v) is 13.9. The molecule has 298 valence electrons. The van der Waals surface area contributed by atoms with Crippen molar-refractivity contribution in [2.75, 3.05) is 20.3 Å². The standard InChI is InChI=1S/C41H62O12/c1-6-28-22(3)15-26(47-28)11-13-41-18-34-37(52-41)38-39(51-34)40(53-41)36-30(50-38)10-9-29(49-36)24(19-42)7-8-27-32(17-31-23(4)21(2)12-14-46-31)48-33(35(27)45-5)16-25(44)20-43/h19,21,24-40,43-44H,3-4,6-18,20H2,1-2,5H3/t21-,24-,25+,26+,27+,28?,29?,30+,31?,32?,33?,34-,35-,36+,37+,38+,39-,40+,41+/m1/s1. The van der Waals surface area contributed by atoms with Crippen LogP contribution in [0.3, 0.4) is 0 Å². The zero-order valence-corrected chi connectivity index (χ0v) is 31.8. The van der Waals surface area contributed by atoms with Crippen molar-refractivity contribution in [1.82, 2.24) is 0 Å². The summed E-state index contributed by atoms with van der Waals surface area (Å²) in [5, 5.41) is 20.0. The molecule has 19 atom stereocenters. The number of rotatable bonds is 15. The molecule has 9 heterocycles. The van der Waals surface area contributed by atoms with Gasteiger partial charge in [0, 0.05) is 51.2 Å². The van der Waals surface area contributed by atoms with E-state index in [1.165, 1.54) is 5.57 Å². The van der Waals surface area contributed by atoms with Gasteiger partial charge in [0.15, 0.2) is 5.79 Å². The summed E-state index contributed by atoms with van der Waals surface area (Å²) in [4.78, 5) is 12.9. The van der Waals surface area contributed by atoms with E-state index in [-0.39, 0.29) is 104 Å². The summed E-state index contributed by atoms with van der Waals surface area (Å²) in [6.45, 7) is 13.2. The lowest BCUT2D eigenvalue weighted by molar-refractivity contribution is -0.295. The Morgan fingerprint density at radius 3 is 2.49 bits per heavy atom. The molecule has 9 aliphatic rings. The van der Waals surface area contributed by atoms with Gasteiger partial charge >= 0.3 is 0 Å². The number of aliphatic hydroxyl groups excluding tert-OH is 2. The number of aldehydes is 1. The Balaban J connectivity index is 0.941. The molecule has 12 nitrogen and oxygen atoms in total. The fraction of sp³-hybridized carbons (Fsp3) is 0.878. The molecule has 9 fully saturated rings. The van der Waals surface area contributed by atoms with Crippen LogP contribution in [0.15, 0.2) is 24.3 Å². The number of ether oxygens (including phenoxy) is 9. The first-order chi connectivity index (χ1) is 25.6. The van der Waals surface area contributed by atoms with E-state index in [1.54, 1.807) is 7.11 Å². The Kier molecular flexibility index (Phi) is 11.6. The van der Waals surface area contributed by atoms with Crippen molar-refractivity contribution in [3.05, 3.63) is 24.3 Å². The average Bonchev–Trinajstić information content (AvgIpc) is 3.84. The van der Waals surface area contributed by atoms with Crippen molar-refractivity contribution in [2.24, 2.45) is 17.8 Å². The lowest BCUT2D eigenvalue weighted by atomic mass is 9.80. The maximum Gasteiger partial charge on any atom is 0.172 e. The highest BCUT2D eigenvalue weighted by Crippen LogP contribution is 2.54. The molecule has 9 aliphatic heterocycles. The Labute approximate surface area is 314 Å². The molecule has 2 N–H and O–H groups in total. The highest BCUT2D eigenvalue weighted by molar-refractivity contribution is 5.54. The van der Waals surface area contributed by atoms with Gasteiger partial charge in [0.1, 0.15) is 36.8 Å². The van der Waals surface area contributed by atoms with Gasteiger partial charge in [-0.1, -0.05) is 27.0 Å². The highest BCUT2D eigenvalue weighted by atomic mass is 16.8. The molecule has 9 rings (SSSR count). The second-order valence-corrected chi connectivity index (χ2v) is 17.2. The molecule has 0 spiro atoms. The number of fused-ring (bicyclic) bond motifs is 1. The van der Waals surface area contributed by atoms with Crippen LogP contribution in [0.2, 0.25) is 0 Å². The molecule has 0 saturated carbocycles. The molecule has 53 heavy (non-hydrogen) atoms. The van der Waals surface area contributed by atoms with Crippen LogP contribution in [0.1, 0.15) is 90.9 Å². The van der Waals surface area contributed by atoms with Gasteiger partial charge in [-0.05, 0) is 68.4 Å². The molecule has 0 aromatic carbocycles. The molecule has 12 heteroatoms. The Morgan fingerprint density at radius 2 is 1.74 bits per heavy atom. The lowest BCUT2D eigenvalue weighted by Gasteiger charge is -2.48. The van der Waals surface area contributed by atoms with Gasteiger partial charge in [-0.2, -0.15) is 0 Å². The van der Waals surface area contributed by atoms with Crippen LogP contribution in [0, 0.1) is 17.8 Å². The zero-order chi connectivity index (χ0) is 37.0. The van der Waals surface area contributed by atoms with E-state index in [2.05, 4.69) is 27.0 Å². The van der Waals surface area contributed by atoms with E-state index in [1.807, 2.05) is 0 Å². The van der Waals surface area contributed by atoms with Crippen LogP contribution < -0.4 is 0 Å². The van der Waals surface area contributed by atoms with Gasteiger partial charge in [-0.15, -0.1) is 0 Å². The Morgan fingerprint density at radius 1 is 0.943 bits per heavy atom. The van der Waals surface area contributed by atoms with E-state index < -0.39 is 18.0 Å². The number of aliphatic hydroxyl groups is 2. The molecule has 0 radical (unpaired) electrons. The van der Waals surface area contributed by atoms with E-state index in [0.29, 0.717) is 51.0 Å². The molecule has 9 saturated heterocycles. The average molecular weight is 747 g/mol. The summed E-state index contributed by atoms with van der Waals surface area (Å²) in [7, 11) is 1.67. The summed E-state index contributed by atoms with van der Waals surface area (Å²) in [6.07, 6.45) is 5.94. The maximum absolute atomic E-state index is 12.9. The van der Waals surface area contributed by atoms with Crippen molar-refractivity contribution in [3.63, 3.8) is 0 Å². The summed E-state index contributed by atoms with van der Waals surface area (Å²) >= 11 is 0. The molecular formula is C41H62O12. The molecule has 0 amide bonds. The van der Waals surface area contributed by atoms with E-state index in [9.17, 15) is 15.0 Å². The van der Waals surface area contributed by atoms with Crippen LogP contribution >= 0.6 is 0 Å². The van der Waals surface area contributed by atoms with Crippen molar-refractivity contribution in [3.8, 4) is 0 Å². The van der Waals surface area contributed by atoms with Gasteiger partial charge in [-0.25, -0.2) is 0 Å². The van der Waals surface area contributed by atoms with Crippen LogP contribution in [0.25, 0.3) is 0 Å². The predicted molar refractivity (Wildman–Crippen MR) is 191 cm³/mol. The topological polar surface area (TPSA) is 141 Å². The van der Waals surface area contributed by atoms with Crippen molar-refractivity contribution in [2.45, 2.75) is 188 Å². The Hall–Kier alpha value is -1.29. The van der Waals surface area contributed by atoms with Gasteiger partial charge in [0.2, 0.25) is 0 Å². The second-order valence-electron chi connectivity index (χ2n) is 17.2. The first-order valence-corrected chi connectivity index (χ1v) is 20.5. The van der Waals surface area contributed by atoms with Gasteiger partial charge in [0.05, 0.1) is 67.6 Å². The predicted octanol–water partition coefficient (Wildman–Crippen LogP) is 3.97. The number of methoxy groups -OCH3 is 1. The van der Waals surface area contributed by atoms with Gasteiger partial charge < -0.3 is 57.6 Å². The fourth-order valence-corrected chi connectivity index (χ4v) is 11.0. The van der Waals surface area contributed by atoms with Crippen LogP contribution in [-0.4, -0.2) is 134 Å². The quantitative estimate of drug-likeness (QED) is 0.185. The maximum atomic E-state index is 12.9. The van der Waals surface area contributed by atoms with E-state index in [4.69, 9.17) is 42.6 Å². The van der Waals surface area contributed by atoms with E-state index >= 15 is 0 Å². The summed E-state index contributed by atoms with van der Waals surface area (Å²) in [6, 6.07) is 0. The SMILES string of the molecule is C=C1C[C@H](CC[C@@]23C[C@H]4O[C@H]5[C@@H](O2)[C@H]2OC([C@@H](C=O)CC[C@H]6C(CC7OCC[C@@H](C)C7=C)OC(C[C@H](O)CO)[C@@H]6OC)CC[C@@H]2O[C@H]5[C@H]4O3)OC1CC. The van der Waals surface area contributed by atoms with Crippen LogP contribution in [-0.2, 0) is 47.4 Å². The van der Waals surface area contributed by atoms with Crippen molar-refractivity contribution in [1.29, 1.82) is 0 Å². The molecule has 5 unspecified atom stereocenters. The number of carbonyl (C=O) groups excluding carboxylic acids is 1. The fourth-order valence-electron chi connectivity index (χ4n) is 11.0. The Bertz CT molecular complexity index is 1330. The van der Waals surface area contributed by atoms with Crippen LogP contribution in [0.5, 0.6) is 0 Å². The molecule has 6 bridgehead atoms. The molecular weight excluding hydrogens is 684 g/mol. The largest absolute Gasteiger partial charge is 0.394 e. The summed E-state index contributed by atoms with van der Waals surface area (Å²) in [5.74, 6) is -0.816. The number of carbonyl (C=O) groups is 1. The second kappa shape index (κ2) is 15.9. The van der Waals surface area contributed by atoms with Crippen LogP contribution in [0.4, 0.5) is 0 Å². The molecule has 0 aromatic rings. The normalized spacial score (nSPS) is 48.5. The number of hydrogen-bond donors (Lipinski definition) is 2. The monoisotopic (exact) mass is 746 g/mol. The summed E-state index contributed by atoms with van der Waals surface area (Å²) in [5.41, 5.74) is 2.24. The molecule has 0 aliphatic carbocycles. The van der Waals surface area contributed by atoms with E-state index in [0.717, 1.165) is 44.0 Å². The lowest BCUT2D eigenvalue weighted by Crippen LogP contribution is -2.62. The van der Waals surface area contributed by atoms with Crippen molar-refractivity contribution >= 4 is 6.29 Å². The first-order valence-electron chi connectivity index (χ1n) is 20.5. The van der Waals surface area contributed by atoms with Crippen molar-refractivity contribution < 1.29 is 57.6 Å². The zero-order valence-electron chi connectivity index (χ0n) is 31.8. The van der Waals surface area contributed by atoms with Gasteiger partial charge in [0.25, 0.3) is 0 Å². The third-order valence-electron chi connectivity index (χ3n) is 13.9. The minimum atomic E-state index is -0.910. The summed E-state index contributed by atoms with van der Waals surface area (Å²) < 4.78 is 59.0. The minimum Gasteiger partial charge on any atom is -0.394 e.